The molecule has 5 rings (SSSR count). The third kappa shape index (κ3) is 6.21. The molecule has 4 aromatic rings. The Morgan fingerprint density at radius 1 is 1.13 bits per heavy atom. The van der Waals surface area contributed by atoms with Crippen molar-refractivity contribution in [1.82, 2.24) is 5.32 Å². The lowest BCUT2D eigenvalue weighted by Crippen LogP contribution is -2.23. The van der Waals surface area contributed by atoms with Crippen molar-refractivity contribution in [3.63, 3.8) is 0 Å². The number of carbonyl (C=O) groups excluding carboxylic acids is 1. The second-order valence-electron chi connectivity index (χ2n) is 9.11. The average Bonchev–Trinajstić information content (AvgIpc) is 3.62. The quantitative estimate of drug-likeness (QED) is 0.225. The number of benzene rings is 2. The normalized spacial score (nSPS) is 12.6. The van der Waals surface area contributed by atoms with Crippen LogP contribution in [-0.4, -0.2) is 18.7 Å². The molecule has 7 nitrogen and oxygen atoms in total. The second-order valence-corrected chi connectivity index (χ2v) is 10.2. The molecule has 2 aromatic carbocycles. The molecule has 1 N–H and O–H groups in total. The number of ether oxygens (including phenoxy) is 2. The van der Waals surface area contributed by atoms with E-state index in [0.717, 1.165) is 42.4 Å². The Morgan fingerprint density at radius 3 is 2.82 bits per heavy atom. The number of thiophene rings is 1. The van der Waals surface area contributed by atoms with Crippen molar-refractivity contribution in [2.75, 3.05) is 6.61 Å². The van der Waals surface area contributed by atoms with Crippen LogP contribution in [0.5, 0.6) is 11.5 Å². The van der Waals surface area contributed by atoms with E-state index in [1.165, 1.54) is 4.88 Å². The van der Waals surface area contributed by atoms with E-state index in [4.69, 9.17) is 18.9 Å². The van der Waals surface area contributed by atoms with Crippen LogP contribution in [0.25, 0.3) is 0 Å². The predicted molar refractivity (Wildman–Crippen MR) is 151 cm³/mol. The van der Waals surface area contributed by atoms with Crippen molar-refractivity contribution in [2.45, 2.75) is 45.8 Å². The largest absolute Gasteiger partial charge is 0.490 e. The smallest absolute Gasteiger partial charge is 0.255 e. The van der Waals surface area contributed by atoms with Crippen molar-refractivity contribution in [3.8, 4) is 17.6 Å². The summed E-state index contributed by atoms with van der Waals surface area (Å²) >= 11 is 1.60. The highest BCUT2D eigenvalue weighted by molar-refractivity contribution is 7.16. The molecule has 0 aliphatic heterocycles. The first-order valence-corrected chi connectivity index (χ1v) is 13.8. The number of fused-ring (bicyclic) bond motifs is 1. The number of aliphatic imine (C=N–C) groups is 1. The van der Waals surface area contributed by atoms with Crippen LogP contribution in [0.3, 0.4) is 0 Å². The number of hydrogen-bond acceptors (Lipinski definition) is 7. The van der Waals surface area contributed by atoms with Gasteiger partial charge in [0.25, 0.3) is 5.91 Å². The van der Waals surface area contributed by atoms with Crippen LogP contribution in [-0.2, 0) is 26.0 Å². The van der Waals surface area contributed by atoms with E-state index in [-0.39, 0.29) is 12.5 Å². The van der Waals surface area contributed by atoms with Crippen LogP contribution in [0.2, 0.25) is 0 Å². The molecule has 39 heavy (non-hydrogen) atoms. The molecule has 0 bridgehead atoms. The Bertz CT molecular complexity index is 1520. The summed E-state index contributed by atoms with van der Waals surface area (Å²) in [7, 11) is 0. The first-order chi connectivity index (χ1) is 19.2. The second kappa shape index (κ2) is 12.5. The van der Waals surface area contributed by atoms with Crippen LogP contribution in [0.4, 0.5) is 5.00 Å². The molecule has 0 unspecified atom stereocenters. The van der Waals surface area contributed by atoms with Gasteiger partial charge in [0.05, 0.1) is 36.6 Å². The highest BCUT2D eigenvalue weighted by Gasteiger charge is 2.25. The van der Waals surface area contributed by atoms with Crippen molar-refractivity contribution in [3.05, 3.63) is 99.3 Å². The molecule has 0 radical (unpaired) electrons. The molecule has 8 heteroatoms. The maximum Gasteiger partial charge on any atom is 0.255 e. The molecule has 0 atom stereocenters. The van der Waals surface area contributed by atoms with E-state index in [0.29, 0.717) is 46.5 Å². The summed E-state index contributed by atoms with van der Waals surface area (Å²) in [5.41, 5.74) is 4.01. The molecule has 1 aliphatic rings. The Labute approximate surface area is 231 Å². The van der Waals surface area contributed by atoms with Gasteiger partial charge in [0.1, 0.15) is 17.4 Å². The van der Waals surface area contributed by atoms with Gasteiger partial charge in [-0.3, -0.25) is 4.79 Å². The van der Waals surface area contributed by atoms with E-state index in [9.17, 15) is 10.1 Å². The van der Waals surface area contributed by atoms with Gasteiger partial charge in [0.15, 0.2) is 11.5 Å². The first-order valence-electron chi connectivity index (χ1n) is 13.0. The van der Waals surface area contributed by atoms with E-state index in [2.05, 4.69) is 11.4 Å². The fourth-order valence-corrected chi connectivity index (χ4v) is 5.81. The number of aryl methyl sites for hydroxylation is 1. The minimum absolute atomic E-state index is 0.130. The lowest BCUT2D eigenvalue weighted by atomic mass is 9.95. The maximum atomic E-state index is 13.2. The molecular formula is C31H29N3O4S. The minimum Gasteiger partial charge on any atom is -0.490 e. The van der Waals surface area contributed by atoms with Gasteiger partial charge >= 0.3 is 0 Å². The molecule has 2 aromatic heterocycles. The zero-order valence-electron chi connectivity index (χ0n) is 21.7. The van der Waals surface area contributed by atoms with Gasteiger partial charge in [-0.1, -0.05) is 18.2 Å². The number of hydrogen-bond donors (Lipinski definition) is 1. The highest BCUT2D eigenvalue weighted by Crippen LogP contribution is 2.40. The van der Waals surface area contributed by atoms with Crippen LogP contribution < -0.4 is 14.8 Å². The van der Waals surface area contributed by atoms with Gasteiger partial charge in [-0.05, 0) is 80.1 Å². The summed E-state index contributed by atoms with van der Waals surface area (Å²) in [4.78, 5) is 19.3. The summed E-state index contributed by atoms with van der Waals surface area (Å²) in [6.07, 6.45) is 7.43. The molecule has 0 spiro atoms. The molecule has 1 amide bonds. The fourth-order valence-electron chi connectivity index (χ4n) is 4.58. The minimum atomic E-state index is -0.130. The Morgan fingerprint density at radius 2 is 2.00 bits per heavy atom. The maximum absolute atomic E-state index is 13.2. The van der Waals surface area contributed by atoms with Crippen molar-refractivity contribution in [2.24, 2.45) is 4.99 Å². The van der Waals surface area contributed by atoms with E-state index >= 15 is 0 Å². The molecule has 2 heterocycles. The van der Waals surface area contributed by atoms with E-state index < -0.39 is 0 Å². The topological polar surface area (TPSA) is 96.8 Å². The third-order valence-electron chi connectivity index (χ3n) is 6.50. The van der Waals surface area contributed by atoms with Crippen molar-refractivity contribution >= 4 is 28.5 Å². The van der Waals surface area contributed by atoms with Crippen LogP contribution in [0.15, 0.2) is 70.3 Å². The summed E-state index contributed by atoms with van der Waals surface area (Å²) in [5.74, 6) is 1.76. The number of nitriles is 1. The van der Waals surface area contributed by atoms with Crippen molar-refractivity contribution in [1.29, 1.82) is 5.26 Å². The number of amides is 1. The Kier molecular flexibility index (Phi) is 8.39. The van der Waals surface area contributed by atoms with Gasteiger partial charge in [-0.2, -0.15) is 5.26 Å². The highest BCUT2D eigenvalue weighted by atomic mass is 32.1. The van der Waals surface area contributed by atoms with Gasteiger partial charge in [0, 0.05) is 16.7 Å². The summed E-state index contributed by atoms with van der Waals surface area (Å²) in [5, 5.41) is 13.1. The lowest BCUT2D eigenvalue weighted by molar-refractivity contribution is 0.0948. The van der Waals surface area contributed by atoms with Gasteiger partial charge in [-0.25, -0.2) is 4.99 Å². The molecule has 0 saturated carbocycles. The molecule has 1 aliphatic carbocycles. The van der Waals surface area contributed by atoms with Crippen molar-refractivity contribution < 1.29 is 18.7 Å². The summed E-state index contributed by atoms with van der Waals surface area (Å²) < 4.78 is 17.2. The molecule has 0 fully saturated rings. The third-order valence-corrected chi connectivity index (χ3v) is 7.70. The molecule has 198 valence electrons. The van der Waals surface area contributed by atoms with Gasteiger partial charge in [0.2, 0.25) is 0 Å². The van der Waals surface area contributed by atoms with Gasteiger partial charge < -0.3 is 19.2 Å². The number of rotatable bonds is 10. The van der Waals surface area contributed by atoms with E-state index in [1.807, 2.05) is 55.5 Å². The first kappa shape index (κ1) is 26.3. The number of nitrogens with one attached hydrogen (secondary N) is 1. The molecular weight excluding hydrogens is 510 g/mol. The number of nitrogens with zero attached hydrogens (tertiary/aromatic N) is 2. The number of furan rings is 1. The lowest BCUT2D eigenvalue weighted by Gasteiger charge is -2.13. The van der Waals surface area contributed by atoms with E-state index in [1.54, 1.807) is 29.9 Å². The zero-order valence-corrected chi connectivity index (χ0v) is 22.6. The Balaban J connectivity index is 1.36. The summed E-state index contributed by atoms with van der Waals surface area (Å²) in [6.45, 7) is 2.98. The fraction of sp³-hybridized carbons (Fsp3) is 0.258. The van der Waals surface area contributed by atoms with Gasteiger partial charge in [-0.15, -0.1) is 11.3 Å². The SMILES string of the molecule is CCOc1cc(C=Nc2sc3c(c2C(=O)NCc2ccco2)CCCC3)ccc1OCc1ccccc1C#N. The Hall–Kier alpha value is -4.35. The standard InChI is InChI=1S/C31H29N3O4S/c1-2-36-27-16-21(13-14-26(27)38-20-23-9-4-3-8-22(23)17-32)18-34-31-29(25-11-5-6-12-28(25)39-31)30(35)33-19-24-10-7-15-37-24/h3-4,7-10,13-16,18H,2,5-6,11-12,19-20H2,1H3,(H,33,35). The van der Waals surface area contributed by atoms with Crippen LogP contribution in [0.1, 0.15) is 63.0 Å². The summed E-state index contributed by atoms with van der Waals surface area (Å²) in [6, 6.07) is 18.8. The van der Waals surface area contributed by atoms with Crippen LogP contribution in [0, 0.1) is 11.3 Å². The van der Waals surface area contributed by atoms with Crippen LogP contribution >= 0.6 is 11.3 Å². The monoisotopic (exact) mass is 539 g/mol. The zero-order chi connectivity index (χ0) is 27.0. The average molecular weight is 540 g/mol. The number of carbonyl (C=O) groups is 1. The molecule has 0 saturated heterocycles. The predicted octanol–water partition coefficient (Wildman–Crippen LogP) is 6.75.